The number of rotatable bonds is 6. The number of ether oxygens (including phenoxy) is 2. The Morgan fingerprint density at radius 2 is 1.96 bits per heavy atom. The van der Waals surface area contributed by atoms with E-state index < -0.39 is 16.3 Å². The Labute approximate surface area is 137 Å². The number of carbonyl (C=O) groups excluding carboxylic acids is 1. The molecule has 0 aliphatic carbocycles. The number of hydrogen-bond donors (Lipinski definition) is 1. The molecule has 0 spiro atoms. The molecule has 2 atom stereocenters. The summed E-state index contributed by atoms with van der Waals surface area (Å²) in [7, 11) is -3.45. The zero-order valence-electron chi connectivity index (χ0n) is 13.4. The van der Waals surface area contributed by atoms with Crippen molar-refractivity contribution in [2.45, 2.75) is 56.8 Å². The van der Waals surface area contributed by atoms with E-state index in [-0.39, 0.29) is 17.0 Å². The second kappa shape index (κ2) is 7.90. The van der Waals surface area contributed by atoms with Crippen molar-refractivity contribution >= 4 is 16.0 Å². The fraction of sp³-hybridized carbons (Fsp3) is 0.562. The normalized spacial score (nSPS) is 21.8. The van der Waals surface area contributed by atoms with Crippen molar-refractivity contribution in [2.75, 3.05) is 6.54 Å². The number of hydrogen-bond acceptors (Lipinski definition) is 5. The standard InChI is InChI=1S/C16H23NO5S/c1-3-15(18)22-16-7-5-6-14(21-16)12-8-10-13(11-9-12)23(19,20)17-4-2/h8-11,14,16-17H,3-7H2,1-2H3. The molecule has 1 heterocycles. The molecule has 128 valence electrons. The molecule has 0 aromatic heterocycles. The van der Waals surface area contributed by atoms with Gasteiger partial charge in [-0.3, -0.25) is 4.79 Å². The minimum atomic E-state index is -3.45. The Kier molecular flexibility index (Phi) is 6.15. The van der Waals surface area contributed by atoms with Gasteiger partial charge in [0.05, 0.1) is 11.0 Å². The molecule has 1 aliphatic heterocycles. The second-order valence-electron chi connectivity index (χ2n) is 5.40. The summed E-state index contributed by atoms with van der Waals surface area (Å²) in [5.74, 6) is -0.275. The Morgan fingerprint density at radius 3 is 2.57 bits per heavy atom. The largest absolute Gasteiger partial charge is 0.436 e. The van der Waals surface area contributed by atoms with Crippen LogP contribution in [0.2, 0.25) is 0 Å². The van der Waals surface area contributed by atoms with Crippen molar-refractivity contribution < 1.29 is 22.7 Å². The highest BCUT2D eigenvalue weighted by atomic mass is 32.2. The Morgan fingerprint density at radius 1 is 1.26 bits per heavy atom. The summed E-state index contributed by atoms with van der Waals surface area (Å²) >= 11 is 0. The number of nitrogens with one attached hydrogen (secondary N) is 1. The van der Waals surface area contributed by atoms with Crippen LogP contribution in [0.1, 0.15) is 51.2 Å². The molecule has 2 unspecified atom stereocenters. The summed E-state index contributed by atoms with van der Waals surface area (Å²) in [4.78, 5) is 11.6. The van der Waals surface area contributed by atoms with Gasteiger partial charge in [0.15, 0.2) is 0 Å². The van der Waals surface area contributed by atoms with E-state index in [1.54, 1.807) is 38.1 Å². The minimum Gasteiger partial charge on any atom is -0.436 e. The van der Waals surface area contributed by atoms with Crippen LogP contribution >= 0.6 is 0 Å². The van der Waals surface area contributed by atoms with Gasteiger partial charge in [-0.05, 0) is 30.5 Å². The molecule has 1 aliphatic rings. The molecule has 6 nitrogen and oxygen atoms in total. The molecule has 1 N–H and O–H groups in total. The van der Waals surface area contributed by atoms with E-state index in [1.165, 1.54) is 0 Å². The lowest BCUT2D eigenvalue weighted by Gasteiger charge is -2.29. The van der Waals surface area contributed by atoms with E-state index in [1.807, 2.05) is 0 Å². The van der Waals surface area contributed by atoms with E-state index in [0.29, 0.717) is 19.4 Å². The van der Waals surface area contributed by atoms with Gasteiger partial charge in [0, 0.05) is 19.4 Å². The molecule has 7 heteroatoms. The van der Waals surface area contributed by atoms with Crippen LogP contribution in [0.4, 0.5) is 0 Å². The predicted molar refractivity (Wildman–Crippen MR) is 85.2 cm³/mol. The SMILES string of the molecule is CCNS(=O)(=O)c1ccc(C2CCCC(OC(=O)CC)O2)cc1. The minimum absolute atomic E-state index is 0.186. The first kappa shape index (κ1) is 17.9. The lowest BCUT2D eigenvalue weighted by molar-refractivity contribution is -0.203. The lowest BCUT2D eigenvalue weighted by Crippen LogP contribution is -2.27. The van der Waals surface area contributed by atoms with E-state index in [4.69, 9.17) is 9.47 Å². The van der Waals surface area contributed by atoms with E-state index >= 15 is 0 Å². The average Bonchev–Trinajstić information content (AvgIpc) is 2.55. The van der Waals surface area contributed by atoms with Gasteiger partial charge in [-0.15, -0.1) is 0 Å². The Hall–Kier alpha value is -1.44. The predicted octanol–water partition coefficient (Wildman–Crippen LogP) is 2.51. The highest BCUT2D eigenvalue weighted by molar-refractivity contribution is 7.89. The molecular formula is C16H23NO5S. The summed E-state index contributed by atoms with van der Waals surface area (Å²) in [5, 5.41) is 0. The Bertz CT molecular complexity index is 626. The fourth-order valence-corrected chi connectivity index (χ4v) is 3.53. The number of esters is 1. The summed E-state index contributed by atoms with van der Waals surface area (Å²) in [5.41, 5.74) is 0.887. The lowest BCUT2D eigenvalue weighted by atomic mass is 10.0. The van der Waals surface area contributed by atoms with Crippen molar-refractivity contribution in [3.8, 4) is 0 Å². The first-order valence-electron chi connectivity index (χ1n) is 7.90. The van der Waals surface area contributed by atoms with Gasteiger partial charge in [0.25, 0.3) is 0 Å². The smallest absolute Gasteiger partial charge is 0.307 e. The van der Waals surface area contributed by atoms with Crippen molar-refractivity contribution in [1.82, 2.24) is 4.72 Å². The first-order valence-corrected chi connectivity index (χ1v) is 9.39. The van der Waals surface area contributed by atoms with Gasteiger partial charge < -0.3 is 9.47 Å². The fourth-order valence-electron chi connectivity index (χ4n) is 2.49. The molecule has 0 bridgehead atoms. The number of benzene rings is 1. The maximum atomic E-state index is 11.9. The summed E-state index contributed by atoms with van der Waals surface area (Å²) in [6, 6.07) is 6.63. The number of sulfonamides is 1. The molecular weight excluding hydrogens is 318 g/mol. The third-order valence-corrected chi connectivity index (χ3v) is 5.23. The van der Waals surface area contributed by atoms with Gasteiger partial charge in [0.2, 0.25) is 16.3 Å². The quantitative estimate of drug-likeness (QED) is 0.804. The van der Waals surface area contributed by atoms with Crippen molar-refractivity contribution in [3.05, 3.63) is 29.8 Å². The molecule has 0 radical (unpaired) electrons. The molecule has 0 saturated carbocycles. The molecule has 1 aromatic carbocycles. The highest BCUT2D eigenvalue weighted by Gasteiger charge is 2.26. The van der Waals surface area contributed by atoms with Crippen LogP contribution in [0.25, 0.3) is 0 Å². The van der Waals surface area contributed by atoms with E-state index in [9.17, 15) is 13.2 Å². The maximum Gasteiger partial charge on any atom is 0.307 e. The molecule has 1 aromatic rings. The zero-order chi connectivity index (χ0) is 16.9. The molecule has 1 fully saturated rings. The van der Waals surface area contributed by atoms with Gasteiger partial charge >= 0.3 is 5.97 Å². The second-order valence-corrected chi connectivity index (χ2v) is 7.17. The van der Waals surface area contributed by atoms with Gasteiger partial charge in [-0.25, -0.2) is 13.1 Å². The van der Waals surface area contributed by atoms with Crippen LogP contribution in [0.5, 0.6) is 0 Å². The van der Waals surface area contributed by atoms with Gasteiger partial charge in [-0.2, -0.15) is 0 Å². The molecule has 23 heavy (non-hydrogen) atoms. The van der Waals surface area contributed by atoms with Crippen molar-refractivity contribution in [1.29, 1.82) is 0 Å². The highest BCUT2D eigenvalue weighted by Crippen LogP contribution is 2.32. The van der Waals surface area contributed by atoms with Crippen LogP contribution in [0, 0.1) is 0 Å². The third kappa shape index (κ3) is 4.76. The summed E-state index contributed by atoms with van der Waals surface area (Å²) < 4.78 is 37.4. The van der Waals surface area contributed by atoms with Gasteiger partial charge in [0.1, 0.15) is 0 Å². The first-order chi connectivity index (χ1) is 11.0. The summed E-state index contributed by atoms with van der Waals surface area (Å²) in [6.45, 7) is 3.83. The van der Waals surface area contributed by atoms with E-state index in [2.05, 4.69) is 4.72 Å². The topological polar surface area (TPSA) is 81.7 Å². The van der Waals surface area contributed by atoms with Gasteiger partial charge in [-0.1, -0.05) is 26.0 Å². The van der Waals surface area contributed by atoms with Crippen LogP contribution in [0.15, 0.2) is 29.2 Å². The molecule has 0 amide bonds. The van der Waals surface area contributed by atoms with Crippen LogP contribution in [-0.2, 0) is 24.3 Å². The van der Waals surface area contributed by atoms with Crippen LogP contribution < -0.4 is 4.72 Å². The monoisotopic (exact) mass is 341 g/mol. The number of carbonyl (C=O) groups is 1. The zero-order valence-corrected chi connectivity index (χ0v) is 14.3. The Balaban J connectivity index is 2.05. The van der Waals surface area contributed by atoms with E-state index in [0.717, 1.165) is 18.4 Å². The average molecular weight is 341 g/mol. The van der Waals surface area contributed by atoms with Crippen LogP contribution in [-0.4, -0.2) is 27.2 Å². The molecule has 1 saturated heterocycles. The maximum absolute atomic E-state index is 11.9. The van der Waals surface area contributed by atoms with Crippen LogP contribution in [0.3, 0.4) is 0 Å². The van der Waals surface area contributed by atoms with Crippen molar-refractivity contribution in [2.24, 2.45) is 0 Å². The third-order valence-electron chi connectivity index (χ3n) is 3.67. The summed E-state index contributed by atoms with van der Waals surface area (Å²) in [6.07, 6.45) is 2.01. The molecule has 2 rings (SSSR count). The van der Waals surface area contributed by atoms with Crippen molar-refractivity contribution in [3.63, 3.8) is 0 Å².